The molecule has 1 atom stereocenters. The Kier molecular flexibility index (Phi) is 5.40. The first-order valence-electron chi connectivity index (χ1n) is 8.13. The van der Waals surface area contributed by atoms with E-state index in [0.29, 0.717) is 0 Å². The monoisotopic (exact) mass is 312 g/mol. The molecule has 0 saturated carbocycles. The quantitative estimate of drug-likeness (QED) is 0.643. The molecule has 0 fully saturated rings. The lowest BCUT2D eigenvalue weighted by Gasteiger charge is -2.27. The van der Waals surface area contributed by atoms with E-state index < -0.39 is 0 Å². The van der Waals surface area contributed by atoms with Crippen LogP contribution in [0, 0.1) is 11.3 Å². The van der Waals surface area contributed by atoms with Crippen LogP contribution in [-0.2, 0) is 13.1 Å². The first-order valence-corrected chi connectivity index (χ1v) is 8.13. The first-order chi connectivity index (χ1) is 11.9. The number of hydrogen-bond donors (Lipinski definition) is 0. The second-order valence-corrected chi connectivity index (χ2v) is 5.82. The highest BCUT2D eigenvalue weighted by Crippen LogP contribution is 2.24. The average molecular weight is 312 g/mol. The molecule has 0 aromatic heterocycles. The molecular formula is C22H20N2. The van der Waals surface area contributed by atoms with Gasteiger partial charge >= 0.3 is 0 Å². The van der Waals surface area contributed by atoms with Gasteiger partial charge in [-0.05, 0) is 16.7 Å². The number of benzene rings is 3. The van der Waals surface area contributed by atoms with Crippen LogP contribution in [0.15, 0.2) is 91.0 Å². The molecule has 0 aliphatic rings. The van der Waals surface area contributed by atoms with Crippen molar-refractivity contribution in [2.24, 2.45) is 0 Å². The van der Waals surface area contributed by atoms with Crippen molar-refractivity contribution in [1.29, 1.82) is 5.26 Å². The van der Waals surface area contributed by atoms with Crippen molar-refractivity contribution in [3.8, 4) is 6.07 Å². The average Bonchev–Trinajstić information content (AvgIpc) is 2.65. The molecule has 0 heterocycles. The van der Waals surface area contributed by atoms with Crippen LogP contribution in [0.2, 0.25) is 0 Å². The van der Waals surface area contributed by atoms with Crippen LogP contribution in [-0.4, -0.2) is 4.90 Å². The Balaban J connectivity index is 1.90. The Morgan fingerprint density at radius 3 is 1.50 bits per heavy atom. The predicted molar refractivity (Wildman–Crippen MR) is 96.9 cm³/mol. The fourth-order valence-corrected chi connectivity index (χ4v) is 2.88. The van der Waals surface area contributed by atoms with Crippen LogP contribution in [0.3, 0.4) is 0 Å². The topological polar surface area (TPSA) is 27.0 Å². The number of rotatable bonds is 6. The summed E-state index contributed by atoms with van der Waals surface area (Å²) in [6, 6.07) is 32.9. The summed E-state index contributed by atoms with van der Waals surface area (Å²) in [7, 11) is 0. The minimum Gasteiger partial charge on any atom is -0.276 e. The van der Waals surface area contributed by atoms with Gasteiger partial charge in [0, 0.05) is 13.1 Å². The van der Waals surface area contributed by atoms with E-state index in [9.17, 15) is 5.26 Å². The highest BCUT2D eigenvalue weighted by molar-refractivity contribution is 5.26. The summed E-state index contributed by atoms with van der Waals surface area (Å²) < 4.78 is 0. The van der Waals surface area contributed by atoms with Crippen molar-refractivity contribution in [1.82, 2.24) is 4.90 Å². The van der Waals surface area contributed by atoms with Gasteiger partial charge in [0.25, 0.3) is 0 Å². The summed E-state index contributed by atoms with van der Waals surface area (Å²) in [4.78, 5) is 2.22. The van der Waals surface area contributed by atoms with Gasteiger partial charge in [0.2, 0.25) is 0 Å². The van der Waals surface area contributed by atoms with Gasteiger partial charge in [0.05, 0.1) is 6.07 Å². The van der Waals surface area contributed by atoms with Crippen LogP contribution in [0.4, 0.5) is 0 Å². The van der Waals surface area contributed by atoms with Crippen molar-refractivity contribution in [3.05, 3.63) is 108 Å². The molecule has 24 heavy (non-hydrogen) atoms. The lowest BCUT2D eigenvalue weighted by atomic mass is 10.0. The lowest BCUT2D eigenvalue weighted by Crippen LogP contribution is -2.27. The third kappa shape index (κ3) is 4.10. The van der Waals surface area contributed by atoms with E-state index in [-0.39, 0.29) is 6.04 Å². The first kappa shape index (κ1) is 16.0. The molecule has 0 radical (unpaired) electrons. The predicted octanol–water partition coefficient (Wildman–Crippen LogP) is 4.95. The van der Waals surface area contributed by atoms with Crippen LogP contribution in [0.5, 0.6) is 0 Å². The molecule has 3 aromatic rings. The van der Waals surface area contributed by atoms with E-state index >= 15 is 0 Å². The zero-order valence-corrected chi connectivity index (χ0v) is 13.5. The zero-order valence-electron chi connectivity index (χ0n) is 13.5. The molecule has 118 valence electrons. The normalized spacial score (nSPS) is 11.8. The molecule has 2 heteroatoms. The second kappa shape index (κ2) is 8.10. The van der Waals surface area contributed by atoms with Crippen molar-refractivity contribution >= 4 is 0 Å². The van der Waals surface area contributed by atoms with Gasteiger partial charge in [0.1, 0.15) is 6.04 Å². The van der Waals surface area contributed by atoms with Crippen molar-refractivity contribution in [2.75, 3.05) is 0 Å². The second-order valence-electron chi connectivity index (χ2n) is 5.82. The van der Waals surface area contributed by atoms with Gasteiger partial charge in [0.15, 0.2) is 0 Å². The van der Waals surface area contributed by atoms with Crippen molar-refractivity contribution in [3.63, 3.8) is 0 Å². The maximum atomic E-state index is 9.81. The number of hydrogen-bond acceptors (Lipinski definition) is 2. The molecule has 3 rings (SSSR count). The Morgan fingerprint density at radius 1 is 0.667 bits per heavy atom. The van der Waals surface area contributed by atoms with E-state index in [0.717, 1.165) is 18.7 Å². The summed E-state index contributed by atoms with van der Waals surface area (Å²) in [5.41, 5.74) is 3.46. The highest BCUT2D eigenvalue weighted by atomic mass is 15.1. The van der Waals surface area contributed by atoms with Gasteiger partial charge in [-0.3, -0.25) is 4.90 Å². The molecule has 2 nitrogen and oxygen atoms in total. The van der Waals surface area contributed by atoms with Gasteiger partial charge in [-0.2, -0.15) is 5.26 Å². The van der Waals surface area contributed by atoms with E-state index in [4.69, 9.17) is 0 Å². The fourth-order valence-electron chi connectivity index (χ4n) is 2.88. The van der Waals surface area contributed by atoms with Gasteiger partial charge in [-0.15, -0.1) is 0 Å². The van der Waals surface area contributed by atoms with E-state index in [1.807, 2.05) is 66.7 Å². The van der Waals surface area contributed by atoms with Crippen LogP contribution in [0.1, 0.15) is 22.7 Å². The molecule has 0 spiro atoms. The SMILES string of the molecule is N#CC(c1ccccc1)N(Cc1ccccc1)Cc1ccccc1. The Bertz CT molecular complexity index is 735. The maximum absolute atomic E-state index is 9.81. The molecule has 0 bridgehead atoms. The summed E-state index contributed by atoms with van der Waals surface area (Å²) >= 11 is 0. The summed E-state index contributed by atoms with van der Waals surface area (Å²) in [6.07, 6.45) is 0. The Morgan fingerprint density at radius 2 is 1.08 bits per heavy atom. The van der Waals surface area contributed by atoms with Gasteiger partial charge in [-0.1, -0.05) is 91.0 Å². The minimum atomic E-state index is -0.272. The summed E-state index contributed by atoms with van der Waals surface area (Å²) in [6.45, 7) is 1.48. The zero-order chi connectivity index (χ0) is 16.6. The molecular weight excluding hydrogens is 292 g/mol. The Hall–Kier alpha value is -2.89. The van der Waals surface area contributed by atoms with Crippen LogP contribution < -0.4 is 0 Å². The van der Waals surface area contributed by atoms with Gasteiger partial charge in [-0.25, -0.2) is 0 Å². The molecule has 1 unspecified atom stereocenters. The van der Waals surface area contributed by atoms with Gasteiger partial charge < -0.3 is 0 Å². The van der Waals surface area contributed by atoms with Crippen LogP contribution >= 0.6 is 0 Å². The summed E-state index contributed by atoms with van der Waals surface area (Å²) in [5, 5.41) is 9.81. The fraction of sp³-hybridized carbons (Fsp3) is 0.136. The molecule has 0 amide bonds. The standard InChI is InChI=1S/C22H20N2/c23-16-22(21-14-8-3-9-15-21)24(17-19-10-4-1-5-11-19)18-20-12-6-2-7-13-20/h1-15,22H,17-18H2. The van der Waals surface area contributed by atoms with Crippen molar-refractivity contribution in [2.45, 2.75) is 19.1 Å². The van der Waals surface area contributed by atoms with E-state index in [1.54, 1.807) is 0 Å². The largest absolute Gasteiger partial charge is 0.276 e. The molecule has 0 N–H and O–H groups in total. The third-order valence-electron chi connectivity index (χ3n) is 4.06. The third-order valence-corrected chi connectivity index (χ3v) is 4.06. The minimum absolute atomic E-state index is 0.272. The summed E-state index contributed by atoms with van der Waals surface area (Å²) in [5.74, 6) is 0. The number of nitrogens with zero attached hydrogens (tertiary/aromatic N) is 2. The smallest absolute Gasteiger partial charge is 0.124 e. The molecule has 0 aliphatic heterocycles. The lowest BCUT2D eigenvalue weighted by molar-refractivity contribution is 0.217. The van der Waals surface area contributed by atoms with Crippen LogP contribution in [0.25, 0.3) is 0 Å². The van der Waals surface area contributed by atoms with E-state index in [2.05, 4.69) is 35.2 Å². The molecule has 0 saturated heterocycles. The molecule has 0 aliphatic carbocycles. The van der Waals surface area contributed by atoms with Crippen molar-refractivity contribution < 1.29 is 0 Å². The maximum Gasteiger partial charge on any atom is 0.124 e. The van der Waals surface area contributed by atoms with E-state index in [1.165, 1.54) is 11.1 Å². The molecule has 3 aromatic carbocycles. The Labute approximate surface area is 143 Å². The highest BCUT2D eigenvalue weighted by Gasteiger charge is 2.20. The number of nitriles is 1.